The normalized spacial score (nSPS) is 11.5. The van der Waals surface area contributed by atoms with Crippen molar-refractivity contribution >= 4 is 23.9 Å². The van der Waals surface area contributed by atoms with Crippen LogP contribution in [-0.2, 0) is 38.1 Å². The van der Waals surface area contributed by atoms with E-state index in [0.29, 0.717) is 12.2 Å². The molecule has 0 aliphatic rings. The Hall–Kier alpha value is -3.24. The van der Waals surface area contributed by atoms with E-state index in [-0.39, 0.29) is 0 Å². The summed E-state index contributed by atoms with van der Waals surface area (Å²) in [5, 5.41) is 0. The highest BCUT2D eigenvalue weighted by atomic mass is 16.8. The second-order valence-electron chi connectivity index (χ2n) is 4.43. The number of ether oxygens (including phenoxy) is 4. The Morgan fingerprint density at radius 1 is 0.808 bits per heavy atom. The summed E-state index contributed by atoms with van der Waals surface area (Å²) in [4.78, 5) is 46.7. The summed E-state index contributed by atoms with van der Waals surface area (Å²) in [6.45, 7) is 12.3. The first-order valence-corrected chi connectivity index (χ1v) is 7.03. The Labute approximate surface area is 149 Å². The number of carbonyl (C=O) groups is 4. The molecule has 10 heteroatoms. The minimum atomic E-state index is -2.64. The summed E-state index contributed by atoms with van der Waals surface area (Å²) in [5.74, 6) is -7.13. The van der Waals surface area contributed by atoms with Crippen molar-refractivity contribution in [2.45, 2.75) is 18.1 Å². The molecular weight excluding hydrogens is 348 g/mol. The molecule has 0 saturated carbocycles. The van der Waals surface area contributed by atoms with Gasteiger partial charge in [0, 0.05) is 30.8 Å². The smallest absolute Gasteiger partial charge is 0.348 e. The topological polar surface area (TPSA) is 157 Å². The average Bonchev–Trinajstić information content (AvgIpc) is 2.65. The lowest BCUT2D eigenvalue weighted by molar-refractivity contribution is -0.313. The Morgan fingerprint density at radius 2 is 1.15 bits per heavy atom. The van der Waals surface area contributed by atoms with Gasteiger partial charge in [-0.05, 0) is 0 Å². The Bertz CT molecular complexity index is 569. The largest absolute Gasteiger partial charge is 0.414 e. The zero-order valence-corrected chi connectivity index (χ0v) is 13.9. The summed E-state index contributed by atoms with van der Waals surface area (Å²) in [7, 11) is 0. The maximum Gasteiger partial charge on any atom is 0.348 e. The summed E-state index contributed by atoms with van der Waals surface area (Å²) in [6.07, 6.45) is 0.726. The molecule has 0 aliphatic carbocycles. The van der Waals surface area contributed by atoms with Crippen molar-refractivity contribution in [3.8, 4) is 0 Å². The number of nitrogens with two attached hydrogens (primary N) is 2. The predicted octanol–water partition coefficient (Wildman–Crippen LogP) is -0.788. The quantitative estimate of drug-likeness (QED) is 0.269. The lowest BCUT2D eigenvalue weighted by atomic mass is 10.1. The summed E-state index contributed by atoms with van der Waals surface area (Å²) in [5.41, 5.74) is 11.3. The first-order valence-electron chi connectivity index (χ1n) is 7.03. The van der Waals surface area contributed by atoms with Crippen LogP contribution in [0.5, 0.6) is 0 Å². The molecule has 26 heavy (non-hydrogen) atoms. The van der Waals surface area contributed by atoms with Gasteiger partial charge in [-0.3, -0.25) is 0 Å². The maximum atomic E-state index is 11.8. The zero-order chi connectivity index (χ0) is 20.3. The van der Waals surface area contributed by atoms with Crippen molar-refractivity contribution < 1.29 is 38.1 Å². The Kier molecular flexibility index (Phi) is 9.27. The molecule has 0 aliphatic heterocycles. The molecule has 0 aromatic rings. The van der Waals surface area contributed by atoms with E-state index >= 15 is 0 Å². The van der Waals surface area contributed by atoms with Gasteiger partial charge < -0.3 is 30.4 Å². The highest BCUT2D eigenvalue weighted by Gasteiger charge is 2.56. The molecule has 0 bridgehead atoms. The standard InChI is InChI=1S/C16H20N2O8/c1-5-11(19)23-15(24-12(20)6-2)16(10(18)9-17,25-13(21)7-3)26-14(22)8-4/h5-8,10,15H,1-4,9,17-18H2. The van der Waals surface area contributed by atoms with Crippen molar-refractivity contribution in [3.63, 3.8) is 0 Å². The minimum Gasteiger partial charge on any atom is -0.414 e. The van der Waals surface area contributed by atoms with Crippen LogP contribution in [0.25, 0.3) is 0 Å². The van der Waals surface area contributed by atoms with Crippen LogP contribution in [0.2, 0.25) is 0 Å². The highest BCUT2D eigenvalue weighted by molar-refractivity contribution is 5.85. The van der Waals surface area contributed by atoms with Crippen LogP contribution < -0.4 is 11.5 Å². The number of hydrogen-bond donors (Lipinski definition) is 2. The number of carbonyl (C=O) groups excluding carboxylic acids is 4. The molecule has 0 spiro atoms. The summed E-state index contributed by atoms with van der Waals surface area (Å²) in [6, 6.07) is -1.49. The van der Waals surface area contributed by atoms with Gasteiger partial charge in [-0.15, -0.1) is 0 Å². The molecule has 0 saturated heterocycles. The van der Waals surface area contributed by atoms with Crippen LogP contribution in [0.15, 0.2) is 50.6 Å². The van der Waals surface area contributed by atoms with E-state index in [1.54, 1.807) is 0 Å². The van der Waals surface area contributed by atoms with Crippen LogP contribution in [-0.4, -0.2) is 48.5 Å². The maximum absolute atomic E-state index is 11.8. The van der Waals surface area contributed by atoms with Crippen LogP contribution in [0.3, 0.4) is 0 Å². The monoisotopic (exact) mass is 368 g/mol. The first kappa shape index (κ1) is 22.8. The fourth-order valence-electron chi connectivity index (χ4n) is 1.50. The molecule has 0 aromatic heterocycles. The summed E-state index contributed by atoms with van der Waals surface area (Å²) >= 11 is 0. The second kappa shape index (κ2) is 10.6. The zero-order valence-electron chi connectivity index (χ0n) is 13.9. The van der Waals surface area contributed by atoms with Gasteiger partial charge in [0.2, 0.25) is 0 Å². The van der Waals surface area contributed by atoms with Crippen LogP contribution in [0.4, 0.5) is 0 Å². The van der Waals surface area contributed by atoms with Crippen molar-refractivity contribution in [2.75, 3.05) is 6.54 Å². The summed E-state index contributed by atoms with van der Waals surface area (Å²) < 4.78 is 19.7. The van der Waals surface area contributed by atoms with Gasteiger partial charge in [0.15, 0.2) is 0 Å². The van der Waals surface area contributed by atoms with Crippen LogP contribution in [0, 0.1) is 0 Å². The van der Waals surface area contributed by atoms with Crippen LogP contribution in [0.1, 0.15) is 0 Å². The van der Waals surface area contributed by atoms with E-state index < -0.39 is 48.5 Å². The SMILES string of the molecule is C=CC(=O)OC(OC(=O)C=C)C(OC(=O)C=C)(OC(=O)C=C)C(N)CN. The van der Waals surface area contributed by atoms with Gasteiger partial charge in [-0.1, -0.05) is 26.3 Å². The fourth-order valence-corrected chi connectivity index (χ4v) is 1.50. The van der Waals surface area contributed by atoms with E-state index in [1.807, 2.05) is 0 Å². The van der Waals surface area contributed by atoms with Gasteiger partial charge in [-0.2, -0.15) is 0 Å². The number of esters is 4. The lowest BCUT2D eigenvalue weighted by Gasteiger charge is -2.39. The van der Waals surface area contributed by atoms with E-state index in [9.17, 15) is 19.2 Å². The van der Waals surface area contributed by atoms with Gasteiger partial charge >= 0.3 is 36.0 Å². The number of rotatable bonds is 11. The molecule has 0 aromatic carbocycles. The van der Waals surface area contributed by atoms with Crippen molar-refractivity contribution in [1.29, 1.82) is 0 Å². The second-order valence-corrected chi connectivity index (χ2v) is 4.43. The van der Waals surface area contributed by atoms with Crippen molar-refractivity contribution in [3.05, 3.63) is 50.6 Å². The molecule has 0 rings (SSSR count). The third kappa shape index (κ3) is 6.00. The lowest BCUT2D eigenvalue weighted by Crippen LogP contribution is -2.65. The van der Waals surface area contributed by atoms with Crippen molar-refractivity contribution in [2.24, 2.45) is 11.5 Å². The predicted molar refractivity (Wildman–Crippen MR) is 88.7 cm³/mol. The molecular formula is C16H20N2O8. The average molecular weight is 368 g/mol. The fraction of sp³-hybridized carbons (Fsp3) is 0.250. The third-order valence-electron chi connectivity index (χ3n) is 2.73. The van der Waals surface area contributed by atoms with Gasteiger partial charge in [0.05, 0.1) is 0 Å². The van der Waals surface area contributed by atoms with Crippen molar-refractivity contribution in [1.82, 2.24) is 0 Å². The van der Waals surface area contributed by atoms with Gasteiger partial charge in [0.1, 0.15) is 6.04 Å². The Morgan fingerprint density at radius 3 is 1.42 bits per heavy atom. The van der Waals surface area contributed by atoms with Gasteiger partial charge in [0.25, 0.3) is 0 Å². The third-order valence-corrected chi connectivity index (χ3v) is 2.73. The Balaban J connectivity index is 6.37. The van der Waals surface area contributed by atoms with E-state index in [0.717, 1.165) is 12.2 Å². The molecule has 0 heterocycles. The van der Waals surface area contributed by atoms with Gasteiger partial charge in [-0.25, -0.2) is 19.2 Å². The van der Waals surface area contributed by atoms with E-state index in [2.05, 4.69) is 26.3 Å². The molecule has 1 atom stereocenters. The molecule has 10 nitrogen and oxygen atoms in total. The molecule has 1 unspecified atom stereocenters. The number of hydrogen-bond acceptors (Lipinski definition) is 10. The highest BCUT2D eigenvalue weighted by Crippen LogP contribution is 2.27. The molecule has 4 N–H and O–H groups in total. The minimum absolute atomic E-state index is 0.442. The molecule has 0 radical (unpaired) electrons. The first-order chi connectivity index (χ1) is 12.2. The van der Waals surface area contributed by atoms with Crippen LogP contribution >= 0.6 is 0 Å². The molecule has 0 amide bonds. The van der Waals surface area contributed by atoms with E-state index in [4.69, 9.17) is 30.4 Å². The molecule has 0 fully saturated rings. The molecule has 142 valence electrons. The van der Waals surface area contributed by atoms with E-state index in [1.165, 1.54) is 0 Å².